The van der Waals surface area contributed by atoms with Crippen LogP contribution in [0, 0.1) is 11.8 Å². The van der Waals surface area contributed by atoms with Crippen molar-refractivity contribution < 1.29 is 0 Å². The molecule has 0 radical (unpaired) electrons. The van der Waals surface area contributed by atoms with Gasteiger partial charge in [0, 0.05) is 0 Å². The molecule has 0 bridgehead atoms. The second-order valence-electron chi connectivity index (χ2n) is 5.37. The first-order chi connectivity index (χ1) is 6.88. The fourth-order valence-electron chi connectivity index (χ4n) is 3.42. The van der Waals surface area contributed by atoms with E-state index in [0.717, 1.165) is 16.5 Å². The second-order valence-corrected chi connectivity index (χ2v) is 6.99. The van der Waals surface area contributed by atoms with Gasteiger partial charge in [-0.15, -0.1) is 0 Å². The molecule has 82 valence electrons. The second kappa shape index (κ2) is 5.59. The predicted octanol–water partition coefficient (Wildman–Crippen LogP) is 3.57. The molecular formula is C13H25As. The van der Waals surface area contributed by atoms with Crippen molar-refractivity contribution in [2.75, 3.05) is 0 Å². The molecule has 0 N–H and O–H groups in total. The Balaban J connectivity index is 1.82. The molecule has 2 aliphatic carbocycles. The van der Waals surface area contributed by atoms with E-state index in [0.29, 0.717) is 0 Å². The van der Waals surface area contributed by atoms with Crippen LogP contribution in [0.15, 0.2) is 0 Å². The van der Waals surface area contributed by atoms with Gasteiger partial charge in [0.15, 0.2) is 0 Å². The summed E-state index contributed by atoms with van der Waals surface area (Å²) < 4.78 is 1.10. The van der Waals surface area contributed by atoms with E-state index >= 15 is 0 Å². The standard InChI is InChI=1S/C13H25As/c14-13(11-7-3-1-4-8-11)12-9-5-2-6-10-12/h11-13H,1-10,14H2. The fourth-order valence-corrected chi connectivity index (χ4v) is 5.04. The molecule has 1 atom stereocenters. The normalized spacial score (nSPS) is 27.0. The number of hydrogen-bond donors (Lipinski definition) is 0. The molecule has 0 amide bonds. The Morgan fingerprint density at radius 2 is 1.00 bits per heavy atom. The third-order valence-electron chi connectivity index (χ3n) is 4.39. The van der Waals surface area contributed by atoms with Crippen LogP contribution in [0.1, 0.15) is 64.2 Å². The summed E-state index contributed by atoms with van der Waals surface area (Å²) in [6.45, 7) is 0. The maximum absolute atomic E-state index is 2.06. The minimum atomic E-state index is 1.10. The summed E-state index contributed by atoms with van der Waals surface area (Å²) in [5.41, 5.74) is 0. The van der Waals surface area contributed by atoms with Crippen LogP contribution in [0.5, 0.6) is 0 Å². The molecule has 1 unspecified atom stereocenters. The van der Waals surface area contributed by atoms with Crippen molar-refractivity contribution in [2.24, 2.45) is 11.8 Å². The van der Waals surface area contributed by atoms with E-state index in [1.807, 2.05) is 0 Å². The summed E-state index contributed by atoms with van der Waals surface area (Å²) in [4.78, 5) is 0. The first-order valence-corrected chi connectivity index (χ1v) is 8.03. The van der Waals surface area contributed by atoms with Crippen LogP contribution < -0.4 is 0 Å². The Kier molecular flexibility index (Phi) is 4.41. The van der Waals surface area contributed by atoms with Gasteiger partial charge in [-0.05, 0) is 0 Å². The van der Waals surface area contributed by atoms with E-state index in [4.69, 9.17) is 0 Å². The number of hydrogen-bond acceptors (Lipinski definition) is 0. The van der Waals surface area contributed by atoms with Gasteiger partial charge in [0.2, 0.25) is 0 Å². The SMILES string of the molecule is [AsH2]C(C1CCCCC1)C1CCCCC1. The topological polar surface area (TPSA) is 0 Å². The van der Waals surface area contributed by atoms with Crippen LogP contribution in [-0.2, 0) is 0 Å². The van der Waals surface area contributed by atoms with Crippen molar-refractivity contribution >= 4 is 16.9 Å². The average Bonchev–Trinajstić information content (AvgIpc) is 2.30. The van der Waals surface area contributed by atoms with Crippen molar-refractivity contribution in [3.05, 3.63) is 0 Å². The molecule has 0 spiro atoms. The summed E-state index contributed by atoms with van der Waals surface area (Å²) in [5, 5.41) is 0. The third kappa shape index (κ3) is 2.78. The molecule has 2 fully saturated rings. The Labute approximate surface area is 97.7 Å². The molecule has 0 saturated heterocycles. The molecule has 1 heteroatoms. The van der Waals surface area contributed by atoms with Crippen molar-refractivity contribution in [3.63, 3.8) is 0 Å². The first-order valence-electron chi connectivity index (χ1n) is 6.63. The van der Waals surface area contributed by atoms with Gasteiger partial charge in [-0.25, -0.2) is 0 Å². The van der Waals surface area contributed by atoms with Crippen molar-refractivity contribution in [1.82, 2.24) is 0 Å². The van der Waals surface area contributed by atoms with Crippen LogP contribution in [-0.4, -0.2) is 16.9 Å². The summed E-state index contributed by atoms with van der Waals surface area (Å²) in [6, 6.07) is 0. The molecule has 0 aromatic carbocycles. The quantitative estimate of drug-likeness (QED) is 0.663. The van der Waals surface area contributed by atoms with Gasteiger partial charge in [0.1, 0.15) is 0 Å². The van der Waals surface area contributed by atoms with Gasteiger partial charge in [-0.2, -0.15) is 0 Å². The minimum absolute atomic E-state index is 1.10. The Hall–Kier alpha value is 0.558. The molecule has 0 aromatic heterocycles. The number of rotatable bonds is 2. The molecular weight excluding hydrogens is 231 g/mol. The molecule has 14 heavy (non-hydrogen) atoms. The van der Waals surface area contributed by atoms with E-state index in [1.165, 1.54) is 38.5 Å². The van der Waals surface area contributed by atoms with Gasteiger partial charge < -0.3 is 0 Å². The molecule has 0 aliphatic heterocycles. The summed E-state index contributed by atoms with van der Waals surface area (Å²) >= 11 is 2.06. The van der Waals surface area contributed by atoms with E-state index < -0.39 is 0 Å². The molecule has 0 heterocycles. The Morgan fingerprint density at radius 1 is 0.643 bits per heavy atom. The van der Waals surface area contributed by atoms with Crippen molar-refractivity contribution in [1.29, 1.82) is 0 Å². The zero-order valence-corrected chi connectivity index (χ0v) is 11.8. The van der Waals surface area contributed by atoms with Crippen molar-refractivity contribution in [3.8, 4) is 0 Å². The molecule has 2 saturated carbocycles. The zero-order chi connectivity index (χ0) is 9.80. The predicted molar refractivity (Wildman–Crippen MR) is 65.4 cm³/mol. The van der Waals surface area contributed by atoms with Crippen LogP contribution in [0.3, 0.4) is 0 Å². The van der Waals surface area contributed by atoms with Crippen LogP contribution in [0.2, 0.25) is 4.71 Å². The Bertz CT molecular complexity index is 137. The van der Waals surface area contributed by atoms with E-state index in [9.17, 15) is 0 Å². The fraction of sp³-hybridized carbons (Fsp3) is 1.00. The average molecular weight is 256 g/mol. The summed E-state index contributed by atoms with van der Waals surface area (Å²) in [7, 11) is 0. The molecule has 2 rings (SSSR count). The zero-order valence-electron chi connectivity index (χ0n) is 9.38. The maximum atomic E-state index is 2.06. The van der Waals surface area contributed by atoms with E-state index in [1.54, 1.807) is 25.7 Å². The third-order valence-corrected chi connectivity index (χ3v) is 6.67. The van der Waals surface area contributed by atoms with Gasteiger partial charge in [0.25, 0.3) is 0 Å². The molecule has 2 aliphatic rings. The van der Waals surface area contributed by atoms with Gasteiger partial charge in [0.05, 0.1) is 0 Å². The van der Waals surface area contributed by atoms with E-state index in [2.05, 4.69) is 16.9 Å². The first kappa shape index (κ1) is 11.1. The summed E-state index contributed by atoms with van der Waals surface area (Å²) in [6.07, 6.45) is 15.4. The molecule has 0 aromatic rings. The van der Waals surface area contributed by atoms with E-state index in [-0.39, 0.29) is 0 Å². The Morgan fingerprint density at radius 3 is 1.36 bits per heavy atom. The monoisotopic (exact) mass is 256 g/mol. The van der Waals surface area contributed by atoms with Crippen LogP contribution in [0.25, 0.3) is 0 Å². The molecule has 0 nitrogen and oxygen atoms in total. The summed E-state index contributed by atoms with van der Waals surface area (Å²) in [5.74, 6) is 2.23. The van der Waals surface area contributed by atoms with Gasteiger partial charge in [-0.3, -0.25) is 0 Å². The van der Waals surface area contributed by atoms with Crippen LogP contribution >= 0.6 is 0 Å². The van der Waals surface area contributed by atoms with Gasteiger partial charge >= 0.3 is 97.6 Å². The van der Waals surface area contributed by atoms with Gasteiger partial charge in [-0.1, -0.05) is 0 Å². The van der Waals surface area contributed by atoms with Crippen molar-refractivity contribution in [2.45, 2.75) is 68.9 Å². The van der Waals surface area contributed by atoms with Crippen LogP contribution in [0.4, 0.5) is 0 Å².